The van der Waals surface area contributed by atoms with Crippen LogP contribution in [0.1, 0.15) is 56.3 Å². The molecule has 0 unspecified atom stereocenters. The van der Waals surface area contributed by atoms with Crippen LogP contribution in [-0.2, 0) is 16.0 Å². The highest BCUT2D eigenvalue weighted by Gasteiger charge is 2.48. The van der Waals surface area contributed by atoms with Gasteiger partial charge in [-0.05, 0) is 79.9 Å². The molecule has 42 heavy (non-hydrogen) atoms. The molecule has 9 heteroatoms. The van der Waals surface area contributed by atoms with E-state index >= 15 is 0 Å². The first-order chi connectivity index (χ1) is 20.4. The van der Waals surface area contributed by atoms with Crippen LogP contribution in [0.15, 0.2) is 66.2 Å². The van der Waals surface area contributed by atoms with Crippen molar-refractivity contribution in [1.82, 2.24) is 4.98 Å². The van der Waals surface area contributed by atoms with Crippen LogP contribution in [0, 0.1) is 0 Å². The van der Waals surface area contributed by atoms with Gasteiger partial charge in [0.2, 0.25) is 0 Å². The number of fused-ring (bicyclic) bond motifs is 2. The molecule has 1 amide bonds. The molecule has 0 radical (unpaired) electrons. The van der Waals surface area contributed by atoms with Crippen LogP contribution < -0.4 is 19.1 Å². The standard InChI is InChI=1S/C33H32N2O6S/c1-4-6-15-40-23-10-7-20(8-11-23)29-28(30(36)21-9-14-26-22(17-21)16-19(3)41-26)31(37)32(38)35(29)33-34-25-13-12-24(39-5-2)18-27(25)42-33/h7-14,17-19,29,36H,4-6,15-16H2,1-3H3/b30-28+/t19-,29-/m0/s1. The van der Waals surface area contributed by atoms with Crippen molar-refractivity contribution in [2.75, 3.05) is 18.1 Å². The molecular formula is C33H32N2O6S. The van der Waals surface area contributed by atoms with Gasteiger partial charge in [0.15, 0.2) is 5.13 Å². The molecule has 1 fully saturated rings. The topological polar surface area (TPSA) is 98.2 Å². The van der Waals surface area contributed by atoms with E-state index in [4.69, 9.17) is 19.2 Å². The van der Waals surface area contributed by atoms with E-state index in [1.165, 1.54) is 16.2 Å². The number of carbonyl (C=O) groups excluding carboxylic acids is 2. The Hall–Kier alpha value is -4.37. The molecule has 3 aromatic carbocycles. The monoisotopic (exact) mass is 584 g/mol. The Morgan fingerprint density at radius 1 is 1.05 bits per heavy atom. The number of aromatic nitrogens is 1. The molecule has 0 bridgehead atoms. The minimum absolute atomic E-state index is 0.0147. The number of thiazole rings is 1. The predicted octanol–water partition coefficient (Wildman–Crippen LogP) is 6.82. The molecule has 1 aromatic heterocycles. The van der Waals surface area contributed by atoms with E-state index in [2.05, 4.69) is 6.92 Å². The number of carbonyl (C=O) groups is 2. The minimum Gasteiger partial charge on any atom is -0.507 e. The van der Waals surface area contributed by atoms with Crippen LogP contribution in [0.25, 0.3) is 16.0 Å². The summed E-state index contributed by atoms with van der Waals surface area (Å²) in [7, 11) is 0. The summed E-state index contributed by atoms with van der Waals surface area (Å²) < 4.78 is 18.1. The van der Waals surface area contributed by atoms with Crippen LogP contribution in [-0.4, -0.2) is 41.1 Å². The Kier molecular flexibility index (Phi) is 7.60. The summed E-state index contributed by atoms with van der Waals surface area (Å²) in [5.74, 6) is 0.418. The summed E-state index contributed by atoms with van der Waals surface area (Å²) in [4.78, 5) is 33.5. The largest absolute Gasteiger partial charge is 0.507 e. The molecule has 0 spiro atoms. The van der Waals surface area contributed by atoms with Gasteiger partial charge >= 0.3 is 5.91 Å². The molecule has 2 aliphatic heterocycles. The van der Waals surface area contributed by atoms with Crippen LogP contribution in [0.3, 0.4) is 0 Å². The summed E-state index contributed by atoms with van der Waals surface area (Å²) in [6, 6.07) is 17.3. The van der Waals surface area contributed by atoms with Crippen LogP contribution >= 0.6 is 11.3 Å². The normalized spacial score (nSPS) is 19.3. The summed E-state index contributed by atoms with van der Waals surface area (Å²) in [6.07, 6.45) is 2.69. The lowest BCUT2D eigenvalue weighted by atomic mass is 9.94. The van der Waals surface area contributed by atoms with Crippen molar-refractivity contribution in [1.29, 1.82) is 0 Å². The van der Waals surface area contributed by atoms with Gasteiger partial charge in [-0.3, -0.25) is 14.5 Å². The van der Waals surface area contributed by atoms with E-state index in [-0.39, 0.29) is 17.4 Å². The van der Waals surface area contributed by atoms with Gasteiger partial charge in [-0.15, -0.1) is 0 Å². The number of benzene rings is 3. The van der Waals surface area contributed by atoms with Gasteiger partial charge in [0.25, 0.3) is 5.78 Å². The van der Waals surface area contributed by atoms with Gasteiger partial charge in [-0.2, -0.15) is 0 Å². The predicted molar refractivity (Wildman–Crippen MR) is 163 cm³/mol. The molecule has 6 rings (SSSR count). The van der Waals surface area contributed by atoms with Crippen molar-refractivity contribution < 1.29 is 28.9 Å². The lowest BCUT2D eigenvalue weighted by molar-refractivity contribution is -0.132. The SMILES string of the molecule is CCCCOc1ccc([C@H]2/C(=C(\O)c3ccc4c(c3)C[C@H](C)O4)C(=O)C(=O)N2c2nc3ccc(OCC)cc3s2)cc1. The highest BCUT2D eigenvalue weighted by atomic mass is 32.1. The van der Waals surface area contributed by atoms with Gasteiger partial charge < -0.3 is 19.3 Å². The van der Waals surface area contributed by atoms with Crippen molar-refractivity contribution >= 4 is 44.1 Å². The summed E-state index contributed by atoms with van der Waals surface area (Å²) >= 11 is 1.30. The number of hydrogen-bond acceptors (Lipinski definition) is 8. The lowest BCUT2D eigenvalue weighted by Crippen LogP contribution is -2.29. The Bertz CT molecular complexity index is 1690. The third-order valence-corrected chi connectivity index (χ3v) is 8.46. The third-order valence-electron chi connectivity index (χ3n) is 7.44. The number of rotatable bonds is 9. The highest BCUT2D eigenvalue weighted by molar-refractivity contribution is 7.22. The number of amides is 1. The number of aliphatic hydroxyl groups is 1. The van der Waals surface area contributed by atoms with Crippen molar-refractivity contribution in [3.8, 4) is 17.2 Å². The fourth-order valence-corrected chi connectivity index (χ4v) is 6.42. The molecule has 2 aliphatic rings. The first-order valence-corrected chi connectivity index (χ1v) is 15.1. The smallest absolute Gasteiger partial charge is 0.301 e. The van der Waals surface area contributed by atoms with E-state index in [1.54, 1.807) is 12.1 Å². The van der Waals surface area contributed by atoms with Crippen molar-refractivity contribution in [2.24, 2.45) is 0 Å². The molecule has 1 N–H and O–H groups in total. The average Bonchev–Trinajstić information content (AvgIpc) is 3.65. The first-order valence-electron chi connectivity index (χ1n) is 14.2. The molecule has 216 valence electrons. The molecule has 1 saturated heterocycles. The van der Waals surface area contributed by atoms with Crippen LogP contribution in [0.2, 0.25) is 0 Å². The number of hydrogen-bond donors (Lipinski definition) is 1. The van der Waals surface area contributed by atoms with Gasteiger partial charge in [0.1, 0.15) is 29.1 Å². The van der Waals surface area contributed by atoms with Crippen LogP contribution in [0.4, 0.5) is 5.13 Å². The van der Waals surface area contributed by atoms with Crippen LogP contribution in [0.5, 0.6) is 17.2 Å². The highest BCUT2D eigenvalue weighted by Crippen LogP contribution is 2.45. The quantitative estimate of drug-likeness (QED) is 0.0997. The Morgan fingerprint density at radius 2 is 1.83 bits per heavy atom. The minimum atomic E-state index is -0.884. The second-order valence-corrected chi connectivity index (χ2v) is 11.5. The zero-order valence-corrected chi connectivity index (χ0v) is 24.6. The maximum Gasteiger partial charge on any atom is 0.301 e. The second-order valence-electron chi connectivity index (χ2n) is 10.5. The molecule has 0 aliphatic carbocycles. The lowest BCUT2D eigenvalue weighted by Gasteiger charge is -2.23. The summed E-state index contributed by atoms with van der Waals surface area (Å²) in [6.45, 7) is 7.12. The number of ether oxygens (including phenoxy) is 3. The molecule has 4 aromatic rings. The van der Waals surface area contributed by atoms with Crippen molar-refractivity contribution in [3.63, 3.8) is 0 Å². The molecule has 0 saturated carbocycles. The first kappa shape index (κ1) is 27.8. The maximum absolute atomic E-state index is 13.7. The number of aliphatic hydroxyl groups excluding tert-OH is 1. The fraction of sp³-hybridized carbons (Fsp3) is 0.303. The van der Waals surface area contributed by atoms with E-state index in [9.17, 15) is 14.7 Å². The third kappa shape index (κ3) is 5.09. The Labute approximate surface area is 248 Å². The molecular weight excluding hydrogens is 552 g/mol. The molecule has 8 nitrogen and oxygen atoms in total. The van der Waals surface area contributed by atoms with Gasteiger partial charge in [-0.1, -0.05) is 36.8 Å². The van der Waals surface area contributed by atoms with Crippen molar-refractivity contribution in [3.05, 3.63) is 82.9 Å². The van der Waals surface area contributed by atoms with E-state index in [1.807, 2.05) is 62.4 Å². The maximum atomic E-state index is 13.7. The van der Waals surface area contributed by atoms with E-state index in [0.717, 1.165) is 28.9 Å². The van der Waals surface area contributed by atoms with Gasteiger partial charge in [-0.25, -0.2) is 4.98 Å². The van der Waals surface area contributed by atoms with Gasteiger partial charge in [0.05, 0.1) is 35.0 Å². The van der Waals surface area contributed by atoms with E-state index < -0.39 is 17.7 Å². The second kappa shape index (κ2) is 11.5. The zero-order valence-electron chi connectivity index (χ0n) is 23.8. The van der Waals surface area contributed by atoms with E-state index in [0.29, 0.717) is 52.9 Å². The number of Topliss-reactive ketones (excluding diaryl/α,β-unsaturated/α-hetero) is 1. The number of unbranched alkanes of at least 4 members (excludes halogenated alkanes) is 1. The summed E-state index contributed by atoms with van der Waals surface area (Å²) in [5.41, 5.74) is 2.76. The zero-order chi connectivity index (χ0) is 29.4. The van der Waals surface area contributed by atoms with Crippen molar-refractivity contribution in [2.45, 2.75) is 52.2 Å². The number of anilines is 1. The fourth-order valence-electron chi connectivity index (χ4n) is 5.40. The average molecular weight is 585 g/mol. The summed E-state index contributed by atoms with van der Waals surface area (Å²) in [5, 5.41) is 12.0. The molecule has 2 atom stereocenters. The number of nitrogens with zero attached hydrogens (tertiary/aromatic N) is 2. The Balaban J connectivity index is 1.46. The Morgan fingerprint density at radius 3 is 2.60 bits per heavy atom. The molecule has 3 heterocycles. The van der Waals surface area contributed by atoms with Gasteiger partial charge in [0, 0.05) is 12.0 Å². The number of ketones is 1.